The van der Waals surface area contributed by atoms with Crippen LogP contribution in [0.5, 0.6) is 11.5 Å². The van der Waals surface area contributed by atoms with Crippen LogP contribution in [0, 0.1) is 0 Å². The molecule has 0 spiro atoms. The van der Waals surface area contributed by atoms with Gasteiger partial charge < -0.3 is 14.6 Å². The Morgan fingerprint density at radius 1 is 1.24 bits per heavy atom. The first kappa shape index (κ1) is 14.7. The van der Waals surface area contributed by atoms with Crippen molar-refractivity contribution in [2.24, 2.45) is 0 Å². The minimum atomic E-state index is -0.465. The van der Waals surface area contributed by atoms with Gasteiger partial charge in [-0.3, -0.25) is 4.90 Å². The highest BCUT2D eigenvalue weighted by molar-refractivity contribution is 5.49. The Balaban J connectivity index is 1.92. The molecule has 2 heterocycles. The van der Waals surface area contributed by atoms with Crippen LogP contribution in [0.4, 0.5) is 0 Å². The lowest BCUT2D eigenvalue weighted by atomic mass is 9.96. The number of nitrogens with zero attached hydrogens (tertiary/aromatic N) is 1. The third-order valence-corrected chi connectivity index (χ3v) is 4.42. The Hall–Kier alpha value is -1.26. The van der Waals surface area contributed by atoms with Crippen LogP contribution in [0.2, 0.25) is 0 Å². The van der Waals surface area contributed by atoms with E-state index in [0.717, 1.165) is 30.2 Å². The van der Waals surface area contributed by atoms with Crippen LogP contribution in [0.3, 0.4) is 0 Å². The second-order valence-corrected chi connectivity index (χ2v) is 5.88. The SMILES string of the molecule is CCOc1cccc2c1OCC(O)C2N1CCCCCC1. The number of ether oxygens (including phenoxy) is 2. The van der Waals surface area contributed by atoms with Gasteiger partial charge in [-0.05, 0) is 38.9 Å². The number of likely N-dealkylation sites (tertiary alicyclic amines) is 1. The van der Waals surface area contributed by atoms with Crippen LogP contribution >= 0.6 is 0 Å². The van der Waals surface area contributed by atoms with Gasteiger partial charge in [0, 0.05) is 5.56 Å². The van der Waals surface area contributed by atoms with Gasteiger partial charge in [0.05, 0.1) is 12.6 Å². The molecule has 0 aromatic heterocycles. The van der Waals surface area contributed by atoms with Crippen molar-refractivity contribution in [2.75, 3.05) is 26.3 Å². The molecule has 1 aromatic rings. The Morgan fingerprint density at radius 2 is 2.00 bits per heavy atom. The number of aliphatic hydroxyl groups is 1. The molecule has 1 saturated heterocycles. The lowest BCUT2D eigenvalue weighted by Crippen LogP contribution is -2.42. The van der Waals surface area contributed by atoms with E-state index in [1.807, 2.05) is 19.1 Å². The van der Waals surface area contributed by atoms with Crippen LogP contribution in [-0.4, -0.2) is 42.4 Å². The maximum atomic E-state index is 10.5. The first-order valence-electron chi connectivity index (χ1n) is 8.12. The van der Waals surface area contributed by atoms with Gasteiger partial charge >= 0.3 is 0 Å². The van der Waals surface area contributed by atoms with Crippen molar-refractivity contribution in [1.82, 2.24) is 4.90 Å². The molecular formula is C17H25NO3. The molecular weight excluding hydrogens is 266 g/mol. The molecule has 0 aliphatic carbocycles. The fourth-order valence-electron chi connectivity index (χ4n) is 3.47. The van der Waals surface area contributed by atoms with E-state index in [4.69, 9.17) is 9.47 Å². The molecule has 116 valence electrons. The zero-order chi connectivity index (χ0) is 14.7. The normalized spacial score (nSPS) is 26.6. The predicted molar refractivity (Wildman–Crippen MR) is 81.9 cm³/mol. The zero-order valence-corrected chi connectivity index (χ0v) is 12.8. The van der Waals surface area contributed by atoms with E-state index in [1.165, 1.54) is 25.7 Å². The largest absolute Gasteiger partial charge is 0.490 e. The van der Waals surface area contributed by atoms with Crippen molar-refractivity contribution in [3.63, 3.8) is 0 Å². The number of hydrogen-bond donors (Lipinski definition) is 1. The minimum Gasteiger partial charge on any atom is -0.490 e. The van der Waals surface area contributed by atoms with Crippen molar-refractivity contribution in [3.8, 4) is 11.5 Å². The van der Waals surface area contributed by atoms with Gasteiger partial charge in [-0.1, -0.05) is 25.0 Å². The first-order chi connectivity index (χ1) is 10.3. The lowest BCUT2D eigenvalue weighted by Gasteiger charge is -2.38. The summed E-state index contributed by atoms with van der Waals surface area (Å²) in [5.74, 6) is 1.61. The summed E-state index contributed by atoms with van der Waals surface area (Å²) in [6.45, 7) is 5.05. The molecule has 0 radical (unpaired) electrons. The molecule has 2 aliphatic heterocycles. The standard InChI is InChI=1S/C17H25NO3/c1-2-20-15-9-7-8-13-16(14(19)12-21-17(13)15)18-10-5-3-4-6-11-18/h7-9,14,16,19H,2-6,10-12H2,1H3. The average molecular weight is 291 g/mol. The number of fused-ring (bicyclic) bond motifs is 1. The van der Waals surface area contributed by atoms with Crippen molar-refractivity contribution < 1.29 is 14.6 Å². The Bertz CT molecular complexity index is 469. The Kier molecular flexibility index (Phi) is 4.66. The van der Waals surface area contributed by atoms with Crippen molar-refractivity contribution in [3.05, 3.63) is 23.8 Å². The van der Waals surface area contributed by atoms with E-state index in [0.29, 0.717) is 13.2 Å². The maximum absolute atomic E-state index is 10.5. The molecule has 0 saturated carbocycles. The van der Waals surface area contributed by atoms with E-state index in [2.05, 4.69) is 11.0 Å². The van der Waals surface area contributed by atoms with Gasteiger partial charge in [0.25, 0.3) is 0 Å². The van der Waals surface area contributed by atoms with Crippen molar-refractivity contribution >= 4 is 0 Å². The summed E-state index contributed by atoms with van der Waals surface area (Å²) in [5.41, 5.74) is 1.07. The third-order valence-electron chi connectivity index (χ3n) is 4.42. The number of rotatable bonds is 3. The second kappa shape index (κ2) is 6.67. The van der Waals surface area contributed by atoms with Crippen LogP contribution in [0.15, 0.2) is 18.2 Å². The van der Waals surface area contributed by atoms with Gasteiger partial charge in [0.15, 0.2) is 11.5 Å². The van der Waals surface area contributed by atoms with Gasteiger partial charge in [0.1, 0.15) is 12.7 Å². The van der Waals surface area contributed by atoms with Crippen molar-refractivity contribution in [2.45, 2.75) is 44.8 Å². The van der Waals surface area contributed by atoms with Crippen LogP contribution in [0.25, 0.3) is 0 Å². The van der Waals surface area contributed by atoms with E-state index >= 15 is 0 Å². The monoisotopic (exact) mass is 291 g/mol. The molecule has 4 nitrogen and oxygen atoms in total. The average Bonchev–Trinajstić information content (AvgIpc) is 2.76. The fourth-order valence-corrected chi connectivity index (χ4v) is 3.47. The van der Waals surface area contributed by atoms with E-state index in [1.54, 1.807) is 0 Å². The molecule has 1 N–H and O–H groups in total. The summed E-state index contributed by atoms with van der Waals surface area (Å²) >= 11 is 0. The van der Waals surface area contributed by atoms with Gasteiger partial charge in [-0.25, -0.2) is 0 Å². The number of para-hydroxylation sites is 1. The van der Waals surface area contributed by atoms with Gasteiger partial charge in [0.2, 0.25) is 0 Å². The molecule has 2 aliphatic rings. The summed E-state index contributed by atoms with van der Waals surface area (Å²) < 4.78 is 11.4. The van der Waals surface area contributed by atoms with E-state index < -0.39 is 6.10 Å². The predicted octanol–water partition coefficient (Wildman–Crippen LogP) is 2.76. The number of hydrogen-bond acceptors (Lipinski definition) is 4. The quantitative estimate of drug-likeness (QED) is 0.930. The fraction of sp³-hybridized carbons (Fsp3) is 0.647. The lowest BCUT2D eigenvalue weighted by molar-refractivity contribution is -0.000125. The molecule has 0 bridgehead atoms. The van der Waals surface area contributed by atoms with Gasteiger partial charge in [-0.2, -0.15) is 0 Å². The zero-order valence-electron chi connectivity index (χ0n) is 12.8. The maximum Gasteiger partial charge on any atom is 0.166 e. The first-order valence-corrected chi connectivity index (χ1v) is 8.12. The Morgan fingerprint density at radius 3 is 2.71 bits per heavy atom. The molecule has 2 unspecified atom stereocenters. The molecule has 4 heteroatoms. The van der Waals surface area contributed by atoms with E-state index in [9.17, 15) is 5.11 Å². The highest BCUT2D eigenvalue weighted by Gasteiger charge is 2.35. The molecule has 1 fully saturated rings. The number of aliphatic hydroxyl groups excluding tert-OH is 1. The van der Waals surface area contributed by atoms with Crippen LogP contribution in [-0.2, 0) is 0 Å². The smallest absolute Gasteiger partial charge is 0.166 e. The number of benzene rings is 1. The van der Waals surface area contributed by atoms with E-state index in [-0.39, 0.29) is 6.04 Å². The highest BCUT2D eigenvalue weighted by atomic mass is 16.5. The van der Waals surface area contributed by atoms with Crippen LogP contribution < -0.4 is 9.47 Å². The highest BCUT2D eigenvalue weighted by Crippen LogP contribution is 2.42. The van der Waals surface area contributed by atoms with Gasteiger partial charge in [-0.15, -0.1) is 0 Å². The molecule has 3 rings (SSSR count). The molecule has 0 amide bonds. The minimum absolute atomic E-state index is 0.0345. The second-order valence-electron chi connectivity index (χ2n) is 5.88. The molecule has 21 heavy (non-hydrogen) atoms. The van der Waals surface area contributed by atoms with Crippen molar-refractivity contribution in [1.29, 1.82) is 0 Å². The summed E-state index contributed by atoms with van der Waals surface area (Å²) in [6.07, 6.45) is 4.55. The molecule has 2 atom stereocenters. The topological polar surface area (TPSA) is 41.9 Å². The summed E-state index contributed by atoms with van der Waals surface area (Å²) in [6, 6.07) is 6.04. The third kappa shape index (κ3) is 3.01. The molecule has 1 aromatic carbocycles. The Labute approximate surface area is 126 Å². The summed E-state index contributed by atoms with van der Waals surface area (Å²) in [5, 5.41) is 10.5. The summed E-state index contributed by atoms with van der Waals surface area (Å²) in [4.78, 5) is 2.43. The van der Waals surface area contributed by atoms with Crippen LogP contribution in [0.1, 0.15) is 44.2 Å². The summed E-state index contributed by atoms with van der Waals surface area (Å²) in [7, 11) is 0.